The summed E-state index contributed by atoms with van der Waals surface area (Å²) >= 11 is 3.35. The van der Waals surface area contributed by atoms with Gasteiger partial charge in [0, 0.05) is 29.3 Å². The quantitative estimate of drug-likeness (QED) is 0.908. The van der Waals surface area contributed by atoms with Crippen LogP contribution in [0, 0.1) is 0 Å². The first-order chi connectivity index (χ1) is 7.69. The highest BCUT2D eigenvalue weighted by molar-refractivity contribution is 9.10. The fourth-order valence-electron chi connectivity index (χ4n) is 1.74. The highest BCUT2D eigenvalue weighted by atomic mass is 79.9. The molecule has 1 N–H and O–H groups in total. The van der Waals surface area contributed by atoms with Crippen LogP contribution in [0.4, 0.5) is 4.79 Å². The molecule has 16 heavy (non-hydrogen) atoms. The second kappa shape index (κ2) is 4.82. The van der Waals surface area contributed by atoms with Gasteiger partial charge in [0.1, 0.15) is 6.10 Å². The highest BCUT2D eigenvalue weighted by Gasteiger charge is 2.33. The van der Waals surface area contributed by atoms with E-state index >= 15 is 0 Å². The third-order valence-electron chi connectivity index (χ3n) is 2.74. The van der Waals surface area contributed by atoms with E-state index in [-0.39, 0.29) is 12.2 Å². The molecule has 0 bridgehead atoms. The summed E-state index contributed by atoms with van der Waals surface area (Å²) in [5, 5.41) is 2.44. The van der Waals surface area contributed by atoms with Gasteiger partial charge in [0.15, 0.2) is 0 Å². The lowest BCUT2D eigenvalue weighted by Crippen LogP contribution is -2.35. The summed E-state index contributed by atoms with van der Waals surface area (Å²) in [5.74, 6) is 0.419. The average molecular weight is 285 g/mol. The van der Waals surface area contributed by atoms with Crippen molar-refractivity contribution in [1.29, 1.82) is 0 Å². The van der Waals surface area contributed by atoms with Gasteiger partial charge >= 0.3 is 6.09 Å². The van der Waals surface area contributed by atoms with Crippen LogP contribution < -0.4 is 5.32 Å². The Morgan fingerprint density at radius 1 is 1.56 bits per heavy atom. The molecule has 0 aromatic carbocycles. The van der Waals surface area contributed by atoms with Crippen LogP contribution in [0.25, 0.3) is 0 Å². The standard InChI is InChI=1S/C11H13BrN2O2/c1-13-11(15)16-9-4-7(5-9)10-3-2-8(12)6-14-10/h2-3,6-7,9H,4-5H2,1H3,(H,13,15). The van der Waals surface area contributed by atoms with E-state index in [2.05, 4.69) is 26.2 Å². The van der Waals surface area contributed by atoms with Crippen molar-refractivity contribution in [2.45, 2.75) is 24.9 Å². The lowest BCUT2D eigenvalue weighted by atomic mass is 9.80. The molecule has 0 radical (unpaired) electrons. The maximum absolute atomic E-state index is 10.9. The molecule has 1 aromatic rings. The van der Waals surface area contributed by atoms with Gasteiger partial charge in [0.05, 0.1) is 0 Å². The summed E-state index contributed by atoms with van der Waals surface area (Å²) in [6.45, 7) is 0. The zero-order valence-corrected chi connectivity index (χ0v) is 10.5. The number of nitrogens with zero attached hydrogens (tertiary/aromatic N) is 1. The number of nitrogens with one attached hydrogen (secondary N) is 1. The molecule has 4 nitrogen and oxygen atoms in total. The van der Waals surface area contributed by atoms with E-state index in [1.807, 2.05) is 12.1 Å². The predicted molar refractivity (Wildman–Crippen MR) is 63.2 cm³/mol. The van der Waals surface area contributed by atoms with Crippen LogP contribution in [-0.4, -0.2) is 24.2 Å². The summed E-state index contributed by atoms with van der Waals surface area (Å²) in [4.78, 5) is 15.3. The largest absolute Gasteiger partial charge is 0.446 e. The van der Waals surface area contributed by atoms with Crippen LogP contribution in [0.2, 0.25) is 0 Å². The van der Waals surface area contributed by atoms with Gasteiger partial charge in [-0.15, -0.1) is 0 Å². The maximum Gasteiger partial charge on any atom is 0.407 e. The Balaban J connectivity index is 1.84. The van der Waals surface area contributed by atoms with Crippen molar-refractivity contribution < 1.29 is 9.53 Å². The molecule has 2 rings (SSSR count). The van der Waals surface area contributed by atoms with Gasteiger partial charge in [-0.3, -0.25) is 4.98 Å². The van der Waals surface area contributed by atoms with Gasteiger partial charge in [-0.1, -0.05) is 0 Å². The van der Waals surface area contributed by atoms with Crippen molar-refractivity contribution >= 4 is 22.0 Å². The zero-order valence-electron chi connectivity index (χ0n) is 8.94. The number of carbonyl (C=O) groups excluding carboxylic acids is 1. The number of alkyl carbamates (subject to hydrolysis) is 1. The molecule has 1 heterocycles. The number of hydrogen-bond acceptors (Lipinski definition) is 3. The van der Waals surface area contributed by atoms with Crippen molar-refractivity contribution in [2.75, 3.05) is 7.05 Å². The minimum absolute atomic E-state index is 0.0374. The molecule has 1 aromatic heterocycles. The van der Waals surface area contributed by atoms with Gasteiger partial charge in [-0.2, -0.15) is 0 Å². The van der Waals surface area contributed by atoms with Crippen LogP contribution in [0.5, 0.6) is 0 Å². The molecule has 1 saturated carbocycles. The SMILES string of the molecule is CNC(=O)OC1CC(c2ccc(Br)cn2)C1. The molecule has 1 aliphatic carbocycles. The molecule has 0 spiro atoms. The third-order valence-corrected chi connectivity index (χ3v) is 3.21. The summed E-state index contributed by atoms with van der Waals surface area (Å²) in [7, 11) is 1.56. The number of ether oxygens (including phenoxy) is 1. The zero-order chi connectivity index (χ0) is 11.5. The van der Waals surface area contributed by atoms with Crippen LogP contribution in [-0.2, 0) is 4.74 Å². The van der Waals surface area contributed by atoms with Gasteiger partial charge in [0.25, 0.3) is 0 Å². The van der Waals surface area contributed by atoms with Crippen LogP contribution in [0.3, 0.4) is 0 Å². The molecule has 5 heteroatoms. The first-order valence-electron chi connectivity index (χ1n) is 5.19. The number of hydrogen-bond donors (Lipinski definition) is 1. The molecule has 1 aliphatic rings. The van der Waals surface area contributed by atoms with Gasteiger partial charge in [-0.25, -0.2) is 4.79 Å². The summed E-state index contributed by atoms with van der Waals surface area (Å²) < 4.78 is 6.10. The Labute approximate surface area is 103 Å². The lowest BCUT2D eigenvalue weighted by molar-refractivity contribution is 0.0397. The molecule has 86 valence electrons. The number of aromatic nitrogens is 1. The maximum atomic E-state index is 10.9. The first-order valence-corrected chi connectivity index (χ1v) is 5.98. The van der Waals surface area contributed by atoms with Crippen molar-refractivity contribution in [3.63, 3.8) is 0 Å². The summed E-state index contributed by atoms with van der Waals surface area (Å²) in [6, 6.07) is 3.99. The van der Waals surface area contributed by atoms with Crippen LogP contribution in [0.1, 0.15) is 24.5 Å². The Morgan fingerprint density at radius 2 is 2.31 bits per heavy atom. The predicted octanol–water partition coefficient (Wildman–Crippen LogP) is 2.45. The Kier molecular flexibility index (Phi) is 3.43. The molecular weight excluding hydrogens is 272 g/mol. The number of pyridine rings is 1. The fraction of sp³-hybridized carbons (Fsp3) is 0.455. The minimum Gasteiger partial charge on any atom is -0.446 e. The van der Waals surface area contributed by atoms with Crippen LogP contribution >= 0.6 is 15.9 Å². The molecule has 0 saturated heterocycles. The van der Waals surface area contributed by atoms with E-state index < -0.39 is 0 Å². The third kappa shape index (κ3) is 2.52. The second-order valence-corrected chi connectivity index (χ2v) is 4.76. The van der Waals surface area contributed by atoms with E-state index in [1.54, 1.807) is 13.2 Å². The van der Waals surface area contributed by atoms with Gasteiger partial charge in [0.2, 0.25) is 0 Å². The molecular formula is C11H13BrN2O2. The highest BCUT2D eigenvalue weighted by Crippen LogP contribution is 2.37. The summed E-state index contributed by atoms with van der Waals surface area (Å²) in [5.41, 5.74) is 1.07. The summed E-state index contributed by atoms with van der Waals surface area (Å²) in [6.07, 6.45) is 3.20. The van der Waals surface area contributed by atoms with Gasteiger partial charge < -0.3 is 10.1 Å². The van der Waals surface area contributed by atoms with E-state index in [9.17, 15) is 4.79 Å². The Bertz CT molecular complexity index is 374. The monoisotopic (exact) mass is 284 g/mol. The average Bonchev–Trinajstić information content (AvgIpc) is 2.24. The van der Waals surface area contributed by atoms with E-state index in [0.29, 0.717) is 5.92 Å². The van der Waals surface area contributed by atoms with Crippen molar-refractivity contribution in [3.05, 3.63) is 28.5 Å². The molecule has 1 fully saturated rings. The molecule has 0 unspecified atom stereocenters. The smallest absolute Gasteiger partial charge is 0.407 e. The van der Waals surface area contributed by atoms with Crippen LogP contribution in [0.15, 0.2) is 22.8 Å². The van der Waals surface area contributed by atoms with E-state index in [1.165, 1.54) is 0 Å². The lowest BCUT2D eigenvalue weighted by Gasteiger charge is -2.33. The van der Waals surface area contributed by atoms with Gasteiger partial charge in [-0.05, 0) is 40.9 Å². The Hall–Kier alpha value is -1.10. The molecule has 0 atom stereocenters. The fourth-order valence-corrected chi connectivity index (χ4v) is 1.98. The van der Waals surface area contributed by atoms with E-state index in [4.69, 9.17) is 4.74 Å². The normalized spacial score (nSPS) is 23.4. The van der Waals surface area contributed by atoms with Crippen molar-refractivity contribution in [3.8, 4) is 0 Å². The molecule has 0 aliphatic heterocycles. The number of rotatable bonds is 2. The molecule has 1 amide bonds. The number of amides is 1. The van der Waals surface area contributed by atoms with Crippen molar-refractivity contribution in [2.24, 2.45) is 0 Å². The van der Waals surface area contributed by atoms with Crippen molar-refractivity contribution in [1.82, 2.24) is 10.3 Å². The second-order valence-electron chi connectivity index (χ2n) is 3.85. The first kappa shape index (κ1) is 11.4. The van der Waals surface area contributed by atoms with E-state index in [0.717, 1.165) is 23.0 Å². The Morgan fingerprint density at radius 3 is 2.88 bits per heavy atom. The minimum atomic E-state index is -0.354. The number of carbonyl (C=O) groups is 1. The topological polar surface area (TPSA) is 51.2 Å². The number of halogens is 1.